The van der Waals surface area contributed by atoms with E-state index in [4.69, 9.17) is 4.74 Å². The zero-order chi connectivity index (χ0) is 13.0. The van der Waals surface area contributed by atoms with E-state index < -0.39 is 6.10 Å². The van der Waals surface area contributed by atoms with E-state index in [1.807, 2.05) is 18.2 Å². The number of aliphatic hydroxyl groups is 1. The van der Waals surface area contributed by atoms with Crippen molar-refractivity contribution in [2.24, 2.45) is 17.8 Å². The van der Waals surface area contributed by atoms with Crippen LogP contribution in [0.3, 0.4) is 0 Å². The molecule has 0 radical (unpaired) electrons. The molecule has 1 amide bonds. The summed E-state index contributed by atoms with van der Waals surface area (Å²) in [5.41, 5.74) is 1.57. The van der Waals surface area contributed by atoms with Crippen LogP contribution in [0, 0.1) is 17.8 Å². The quantitative estimate of drug-likeness (QED) is 0.855. The standard InChI is InChI=1S/C15H17NO3/c17-13-7-19-12-5-4-8(6-11(12)16-13)15(18)14-9-2-1-3-10(9)14/h4-6,9-10,14-15,18H,1-3,7H2,(H,16,17). The maximum Gasteiger partial charge on any atom is 0.262 e. The third-order valence-corrected chi connectivity index (χ3v) is 4.82. The molecular formula is C15H17NO3. The van der Waals surface area contributed by atoms with Crippen LogP contribution in [0.5, 0.6) is 5.75 Å². The highest BCUT2D eigenvalue weighted by molar-refractivity contribution is 5.95. The fourth-order valence-electron chi connectivity index (χ4n) is 3.85. The van der Waals surface area contributed by atoms with Gasteiger partial charge in [0.05, 0.1) is 11.8 Å². The van der Waals surface area contributed by atoms with Crippen LogP contribution < -0.4 is 10.1 Å². The van der Waals surface area contributed by atoms with Crippen LogP contribution in [-0.2, 0) is 4.79 Å². The molecule has 100 valence electrons. The van der Waals surface area contributed by atoms with Gasteiger partial charge in [0.1, 0.15) is 5.75 Å². The zero-order valence-electron chi connectivity index (χ0n) is 10.6. The third-order valence-electron chi connectivity index (χ3n) is 4.82. The Morgan fingerprint density at radius 3 is 2.89 bits per heavy atom. The van der Waals surface area contributed by atoms with E-state index in [1.54, 1.807) is 0 Å². The second kappa shape index (κ2) is 3.97. The zero-order valence-corrected chi connectivity index (χ0v) is 10.6. The molecule has 3 aliphatic rings. The molecule has 3 atom stereocenters. The van der Waals surface area contributed by atoms with Gasteiger partial charge in [0.15, 0.2) is 6.61 Å². The number of aliphatic hydroxyl groups excluding tert-OH is 1. The lowest BCUT2D eigenvalue weighted by Crippen LogP contribution is -2.25. The first kappa shape index (κ1) is 11.3. The third kappa shape index (κ3) is 1.74. The van der Waals surface area contributed by atoms with E-state index in [0.717, 1.165) is 17.4 Å². The average Bonchev–Trinajstić information content (AvgIpc) is 2.89. The van der Waals surface area contributed by atoms with Crippen molar-refractivity contribution >= 4 is 11.6 Å². The van der Waals surface area contributed by atoms with Gasteiger partial charge in [-0.15, -0.1) is 0 Å². The van der Waals surface area contributed by atoms with Gasteiger partial charge in [0, 0.05) is 0 Å². The van der Waals surface area contributed by atoms with Crippen LogP contribution >= 0.6 is 0 Å². The maximum atomic E-state index is 11.3. The van der Waals surface area contributed by atoms with Crippen LogP contribution in [0.2, 0.25) is 0 Å². The highest BCUT2D eigenvalue weighted by atomic mass is 16.5. The van der Waals surface area contributed by atoms with Gasteiger partial charge in [-0.2, -0.15) is 0 Å². The van der Waals surface area contributed by atoms with Gasteiger partial charge in [-0.05, 0) is 48.3 Å². The summed E-state index contributed by atoms with van der Waals surface area (Å²) in [5, 5.41) is 13.3. The van der Waals surface area contributed by atoms with Crippen LogP contribution in [0.4, 0.5) is 5.69 Å². The molecule has 4 heteroatoms. The predicted octanol–water partition coefficient (Wildman–Crippen LogP) is 2.10. The largest absolute Gasteiger partial charge is 0.482 e. The molecule has 1 aliphatic heterocycles. The summed E-state index contributed by atoms with van der Waals surface area (Å²) in [4.78, 5) is 11.3. The molecule has 0 bridgehead atoms. The van der Waals surface area contributed by atoms with Crippen molar-refractivity contribution in [2.75, 3.05) is 11.9 Å². The molecule has 1 aromatic carbocycles. The van der Waals surface area contributed by atoms with E-state index >= 15 is 0 Å². The van der Waals surface area contributed by atoms with E-state index in [1.165, 1.54) is 19.3 Å². The molecule has 0 aromatic heterocycles. The number of carbonyl (C=O) groups is 1. The van der Waals surface area contributed by atoms with E-state index in [-0.39, 0.29) is 12.5 Å². The van der Waals surface area contributed by atoms with Crippen LogP contribution in [0.1, 0.15) is 30.9 Å². The van der Waals surface area contributed by atoms with E-state index in [9.17, 15) is 9.90 Å². The molecule has 2 fully saturated rings. The molecule has 4 nitrogen and oxygen atoms in total. The van der Waals surface area contributed by atoms with E-state index in [2.05, 4.69) is 5.32 Å². The molecule has 1 aromatic rings. The van der Waals surface area contributed by atoms with Crippen LogP contribution in [0.25, 0.3) is 0 Å². The second-order valence-corrected chi connectivity index (χ2v) is 5.87. The lowest BCUT2D eigenvalue weighted by Gasteiger charge is -2.20. The number of nitrogens with one attached hydrogen (secondary N) is 1. The van der Waals surface area contributed by atoms with Gasteiger partial charge in [-0.1, -0.05) is 12.5 Å². The molecule has 0 spiro atoms. The van der Waals surface area contributed by atoms with Crippen molar-refractivity contribution in [1.29, 1.82) is 0 Å². The number of ether oxygens (including phenoxy) is 1. The summed E-state index contributed by atoms with van der Waals surface area (Å²) in [6.07, 6.45) is 3.43. The van der Waals surface area contributed by atoms with E-state index in [0.29, 0.717) is 17.4 Å². The average molecular weight is 259 g/mol. The number of fused-ring (bicyclic) bond motifs is 2. The van der Waals surface area contributed by atoms with Crippen LogP contribution in [-0.4, -0.2) is 17.6 Å². The number of hydrogen-bond acceptors (Lipinski definition) is 3. The molecule has 0 saturated heterocycles. The summed E-state index contributed by atoms with van der Waals surface area (Å²) in [6.45, 7) is 0.0711. The van der Waals surface area contributed by atoms with Crippen molar-refractivity contribution in [3.05, 3.63) is 23.8 Å². The van der Waals surface area contributed by atoms with Gasteiger partial charge in [0.25, 0.3) is 5.91 Å². The number of rotatable bonds is 2. The summed E-state index contributed by atoms with van der Waals surface area (Å²) in [5.74, 6) is 2.41. The first-order chi connectivity index (χ1) is 9.24. The molecule has 3 unspecified atom stereocenters. The highest BCUT2D eigenvalue weighted by Gasteiger charge is 2.55. The second-order valence-electron chi connectivity index (χ2n) is 5.87. The summed E-state index contributed by atoms with van der Waals surface area (Å²) < 4.78 is 5.33. The normalized spacial score (nSPS) is 32.9. The maximum absolute atomic E-state index is 11.3. The molecule has 2 saturated carbocycles. The molecule has 1 heterocycles. The fourth-order valence-corrected chi connectivity index (χ4v) is 3.85. The Bertz CT molecular complexity index is 532. The number of anilines is 1. The van der Waals surface area contributed by atoms with Gasteiger partial charge < -0.3 is 15.2 Å². The monoisotopic (exact) mass is 259 g/mol. The molecule has 19 heavy (non-hydrogen) atoms. The summed E-state index contributed by atoms with van der Waals surface area (Å²) in [7, 11) is 0. The number of hydrogen-bond donors (Lipinski definition) is 2. The minimum absolute atomic E-state index is 0.0711. The Labute approximate surface area is 111 Å². The van der Waals surface area contributed by atoms with Gasteiger partial charge in [0.2, 0.25) is 0 Å². The SMILES string of the molecule is O=C1COc2ccc(C(O)C3C4CCCC43)cc2N1. The summed E-state index contributed by atoms with van der Waals surface area (Å²) >= 11 is 0. The fraction of sp³-hybridized carbons (Fsp3) is 0.533. The molecule has 4 rings (SSSR count). The van der Waals surface area contributed by atoms with Crippen LogP contribution in [0.15, 0.2) is 18.2 Å². The van der Waals surface area contributed by atoms with Crippen molar-refractivity contribution in [2.45, 2.75) is 25.4 Å². The molecular weight excluding hydrogens is 242 g/mol. The van der Waals surface area contributed by atoms with Crippen molar-refractivity contribution < 1.29 is 14.6 Å². The first-order valence-electron chi connectivity index (χ1n) is 6.99. The topological polar surface area (TPSA) is 58.6 Å². The Morgan fingerprint density at radius 1 is 1.32 bits per heavy atom. The Hall–Kier alpha value is -1.55. The Kier molecular flexibility index (Phi) is 2.36. The minimum atomic E-state index is -0.403. The van der Waals surface area contributed by atoms with Crippen molar-refractivity contribution in [3.8, 4) is 5.75 Å². The van der Waals surface area contributed by atoms with Gasteiger partial charge >= 0.3 is 0 Å². The smallest absolute Gasteiger partial charge is 0.262 e. The lowest BCUT2D eigenvalue weighted by atomic mass is 9.99. The first-order valence-corrected chi connectivity index (χ1v) is 6.99. The molecule has 2 aliphatic carbocycles. The Balaban J connectivity index is 1.58. The number of carbonyl (C=O) groups excluding carboxylic acids is 1. The Morgan fingerprint density at radius 2 is 2.11 bits per heavy atom. The molecule has 2 N–H and O–H groups in total. The predicted molar refractivity (Wildman–Crippen MR) is 69.8 cm³/mol. The number of benzene rings is 1. The minimum Gasteiger partial charge on any atom is -0.482 e. The summed E-state index contributed by atoms with van der Waals surface area (Å²) in [6, 6.07) is 5.60. The lowest BCUT2D eigenvalue weighted by molar-refractivity contribution is -0.118. The highest BCUT2D eigenvalue weighted by Crippen LogP contribution is 2.62. The van der Waals surface area contributed by atoms with Crippen molar-refractivity contribution in [1.82, 2.24) is 0 Å². The van der Waals surface area contributed by atoms with Crippen molar-refractivity contribution in [3.63, 3.8) is 0 Å². The number of amides is 1. The van der Waals surface area contributed by atoms with Gasteiger partial charge in [-0.3, -0.25) is 4.79 Å². The van der Waals surface area contributed by atoms with Gasteiger partial charge in [-0.25, -0.2) is 0 Å².